The molecular weight excluding hydrogens is 360 g/mol. The summed E-state index contributed by atoms with van der Waals surface area (Å²) < 4.78 is 7.55. The van der Waals surface area contributed by atoms with Crippen molar-refractivity contribution < 1.29 is 4.74 Å². The maximum Gasteiger partial charge on any atom is 0.163 e. The molecule has 2 aliphatic carbocycles. The topological polar surface area (TPSA) is 65.4 Å². The van der Waals surface area contributed by atoms with Gasteiger partial charge in [-0.15, -0.1) is 0 Å². The van der Waals surface area contributed by atoms with E-state index in [2.05, 4.69) is 37.4 Å². The molecule has 3 aromatic rings. The maximum atomic E-state index is 6.48. The minimum absolute atomic E-state index is 0.0300. The third-order valence-corrected chi connectivity index (χ3v) is 7.16. The molecule has 1 aromatic carbocycles. The molecule has 0 saturated heterocycles. The van der Waals surface area contributed by atoms with Gasteiger partial charge in [0.05, 0.1) is 24.2 Å². The predicted octanol–water partition coefficient (Wildman–Crippen LogP) is 4.87. The van der Waals surface area contributed by atoms with Crippen molar-refractivity contribution in [3.05, 3.63) is 46.4 Å². The first-order valence-corrected chi connectivity index (χ1v) is 10.8. The molecule has 2 unspecified atom stereocenters. The highest BCUT2D eigenvalue weighted by Crippen LogP contribution is 2.44. The molecule has 29 heavy (non-hydrogen) atoms. The van der Waals surface area contributed by atoms with Crippen LogP contribution in [0.1, 0.15) is 72.8 Å². The van der Waals surface area contributed by atoms with E-state index < -0.39 is 0 Å². The summed E-state index contributed by atoms with van der Waals surface area (Å²) in [6.45, 7) is 6.59. The van der Waals surface area contributed by atoms with Gasteiger partial charge in [-0.2, -0.15) is 5.10 Å². The van der Waals surface area contributed by atoms with Gasteiger partial charge in [0.25, 0.3) is 0 Å². The molecule has 5 rings (SSSR count). The quantitative estimate of drug-likeness (QED) is 0.690. The van der Waals surface area contributed by atoms with Gasteiger partial charge < -0.3 is 10.5 Å². The van der Waals surface area contributed by atoms with Crippen LogP contribution in [-0.4, -0.2) is 21.7 Å². The molecule has 0 amide bonds. The van der Waals surface area contributed by atoms with E-state index in [1.165, 1.54) is 41.6 Å². The molecule has 1 saturated carbocycles. The Balaban J connectivity index is 1.77. The first-order chi connectivity index (χ1) is 14.0. The van der Waals surface area contributed by atoms with Gasteiger partial charge in [-0.25, -0.2) is 9.50 Å². The molecule has 2 heterocycles. The fourth-order valence-electron chi connectivity index (χ4n) is 5.22. The van der Waals surface area contributed by atoms with Crippen molar-refractivity contribution in [1.82, 2.24) is 14.6 Å². The Labute approximate surface area is 172 Å². The van der Waals surface area contributed by atoms with Crippen molar-refractivity contribution in [2.24, 2.45) is 11.7 Å². The summed E-state index contributed by atoms with van der Waals surface area (Å²) in [5, 5.41) is 5.02. The molecule has 2 N–H and O–H groups in total. The SMILES string of the molecule is COc1ccc(-c2c(C)nn3c(C(C)C4CCC4)c4c(nc23)C(N)CC4)c(C)c1. The summed E-state index contributed by atoms with van der Waals surface area (Å²) in [6, 6.07) is 6.25. The number of nitrogens with zero attached hydrogens (tertiary/aromatic N) is 3. The molecule has 5 nitrogen and oxygen atoms in total. The van der Waals surface area contributed by atoms with Gasteiger partial charge in [0.1, 0.15) is 5.75 Å². The molecule has 2 atom stereocenters. The van der Waals surface area contributed by atoms with Gasteiger partial charge >= 0.3 is 0 Å². The number of hydrogen-bond donors (Lipinski definition) is 1. The van der Waals surface area contributed by atoms with Gasteiger partial charge in [-0.3, -0.25) is 0 Å². The first kappa shape index (κ1) is 18.6. The van der Waals surface area contributed by atoms with Crippen molar-refractivity contribution in [1.29, 1.82) is 0 Å². The fraction of sp³-hybridized carbons (Fsp3) is 0.500. The van der Waals surface area contributed by atoms with E-state index in [1.807, 2.05) is 6.07 Å². The van der Waals surface area contributed by atoms with E-state index in [0.29, 0.717) is 5.92 Å². The van der Waals surface area contributed by atoms with Crippen LogP contribution >= 0.6 is 0 Å². The number of rotatable bonds is 4. The van der Waals surface area contributed by atoms with Crippen LogP contribution in [0.3, 0.4) is 0 Å². The Morgan fingerprint density at radius 2 is 2.00 bits per heavy atom. The second-order valence-electron chi connectivity index (χ2n) is 8.86. The largest absolute Gasteiger partial charge is 0.497 e. The zero-order valence-corrected chi connectivity index (χ0v) is 17.8. The first-order valence-electron chi connectivity index (χ1n) is 10.8. The maximum absolute atomic E-state index is 6.48. The molecule has 1 fully saturated rings. The normalized spacial score (nSPS) is 20.0. The van der Waals surface area contributed by atoms with E-state index >= 15 is 0 Å². The third kappa shape index (κ3) is 2.78. The lowest BCUT2D eigenvalue weighted by molar-refractivity contribution is 0.266. The number of hydrogen-bond acceptors (Lipinski definition) is 4. The number of aryl methyl sites for hydroxylation is 2. The van der Waals surface area contributed by atoms with Crippen molar-refractivity contribution in [2.45, 2.75) is 64.8 Å². The molecule has 0 radical (unpaired) electrons. The minimum Gasteiger partial charge on any atom is -0.497 e. The number of nitrogens with two attached hydrogens (primary N) is 1. The Morgan fingerprint density at radius 1 is 1.21 bits per heavy atom. The summed E-state index contributed by atoms with van der Waals surface area (Å²) in [5.74, 6) is 2.10. The molecule has 0 aliphatic heterocycles. The van der Waals surface area contributed by atoms with E-state index in [-0.39, 0.29) is 6.04 Å². The van der Waals surface area contributed by atoms with Gasteiger partial charge in [0.15, 0.2) is 5.65 Å². The minimum atomic E-state index is 0.0300. The smallest absolute Gasteiger partial charge is 0.163 e. The Morgan fingerprint density at radius 3 is 2.66 bits per heavy atom. The van der Waals surface area contributed by atoms with Crippen LogP contribution < -0.4 is 10.5 Å². The number of fused-ring (bicyclic) bond motifs is 2. The standard InChI is InChI=1S/C24H30N4O/c1-13-12-17(29-4)8-9-18(13)21-15(3)27-28-23(14(2)16-6-5-7-16)19-10-11-20(25)22(19)26-24(21)28/h8-9,12,14,16,20H,5-7,10-11,25H2,1-4H3. The van der Waals surface area contributed by atoms with Gasteiger partial charge in [0, 0.05) is 17.5 Å². The fourth-order valence-corrected chi connectivity index (χ4v) is 5.22. The van der Waals surface area contributed by atoms with Gasteiger partial charge in [0.2, 0.25) is 0 Å². The molecule has 0 bridgehead atoms. The molecular formula is C24H30N4O. The highest BCUT2D eigenvalue weighted by atomic mass is 16.5. The van der Waals surface area contributed by atoms with E-state index in [9.17, 15) is 0 Å². The summed E-state index contributed by atoms with van der Waals surface area (Å²) in [7, 11) is 1.70. The van der Waals surface area contributed by atoms with Crippen molar-refractivity contribution in [2.75, 3.05) is 7.11 Å². The van der Waals surface area contributed by atoms with E-state index in [1.54, 1.807) is 7.11 Å². The van der Waals surface area contributed by atoms with Crippen LogP contribution in [0.15, 0.2) is 18.2 Å². The Hall–Kier alpha value is -2.40. The van der Waals surface area contributed by atoms with Crippen LogP contribution in [0.25, 0.3) is 16.8 Å². The lowest BCUT2D eigenvalue weighted by Crippen LogP contribution is -2.22. The molecule has 152 valence electrons. The van der Waals surface area contributed by atoms with Crippen molar-refractivity contribution in [3.63, 3.8) is 0 Å². The summed E-state index contributed by atoms with van der Waals surface area (Å²) in [6.07, 6.45) is 5.98. The summed E-state index contributed by atoms with van der Waals surface area (Å²) in [5.41, 5.74) is 15.7. The van der Waals surface area contributed by atoms with Crippen LogP contribution in [0.2, 0.25) is 0 Å². The van der Waals surface area contributed by atoms with Crippen LogP contribution in [0.4, 0.5) is 0 Å². The zero-order chi connectivity index (χ0) is 20.3. The molecule has 5 heteroatoms. The highest BCUT2D eigenvalue weighted by Gasteiger charge is 2.34. The third-order valence-electron chi connectivity index (χ3n) is 7.16. The predicted molar refractivity (Wildman–Crippen MR) is 115 cm³/mol. The lowest BCUT2D eigenvalue weighted by atomic mass is 9.74. The number of ether oxygens (including phenoxy) is 1. The second kappa shape index (κ2) is 6.84. The van der Waals surface area contributed by atoms with E-state index in [0.717, 1.165) is 47.1 Å². The van der Waals surface area contributed by atoms with Crippen molar-refractivity contribution in [3.8, 4) is 16.9 Å². The Kier molecular flexibility index (Phi) is 4.39. The zero-order valence-electron chi connectivity index (χ0n) is 17.8. The monoisotopic (exact) mass is 390 g/mol. The number of methoxy groups -OCH3 is 1. The lowest BCUT2D eigenvalue weighted by Gasteiger charge is -2.32. The molecule has 2 aromatic heterocycles. The molecule has 0 spiro atoms. The number of benzene rings is 1. The highest BCUT2D eigenvalue weighted by molar-refractivity contribution is 5.82. The number of aromatic nitrogens is 3. The second-order valence-corrected chi connectivity index (χ2v) is 8.86. The van der Waals surface area contributed by atoms with Crippen molar-refractivity contribution >= 4 is 5.65 Å². The van der Waals surface area contributed by atoms with Gasteiger partial charge in [-0.1, -0.05) is 19.4 Å². The average Bonchev–Trinajstić information content (AvgIpc) is 3.18. The summed E-state index contributed by atoms with van der Waals surface area (Å²) >= 11 is 0. The average molecular weight is 391 g/mol. The van der Waals surface area contributed by atoms with E-state index in [4.69, 9.17) is 20.6 Å². The van der Waals surface area contributed by atoms with Gasteiger partial charge in [-0.05, 0) is 74.3 Å². The van der Waals surface area contributed by atoms with Crippen LogP contribution in [0.5, 0.6) is 5.75 Å². The Bertz CT molecular complexity index is 1100. The summed E-state index contributed by atoms with van der Waals surface area (Å²) in [4.78, 5) is 5.11. The van der Waals surface area contributed by atoms with Crippen LogP contribution in [0, 0.1) is 19.8 Å². The molecule has 2 aliphatic rings. The van der Waals surface area contributed by atoms with Crippen LogP contribution in [-0.2, 0) is 6.42 Å².